The predicted octanol–water partition coefficient (Wildman–Crippen LogP) is 3.36. The van der Waals surface area contributed by atoms with Gasteiger partial charge in [0.1, 0.15) is 5.75 Å². The lowest BCUT2D eigenvalue weighted by Crippen LogP contribution is -2.23. The summed E-state index contributed by atoms with van der Waals surface area (Å²) in [7, 11) is 0. The molecule has 0 spiro atoms. The largest absolute Gasteiger partial charge is 0.493 e. The van der Waals surface area contributed by atoms with Crippen LogP contribution in [0.1, 0.15) is 37.7 Å². The fourth-order valence-corrected chi connectivity index (χ4v) is 2.77. The molecule has 3 rings (SSSR count). The number of nitrogens with zero attached hydrogens (tertiary/aromatic N) is 3. The van der Waals surface area contributed by atoms with Crippen molar-refractivity contribution in [3.8, 4) is 5.75 Å². The van der Waals surface area contributed by atoms with Crippen molar-refractivity contribution < 1.29 is 9.13 Å². The summed E-state index contributed by atoms with van der Waals surface area (Å²) < 4.78 is 20.7. The van der Waals surface area contributed by atoms with Crippen LogP contribution in [0.5, 0.6) is 5.75 Å². The van der Waals surface area contributed by atoms with Crippen LogP contribution in [0.3, 0.4) is 0 Å². The lowest BCUT2D eigenvalue weighted by molar-refractivity contribution is 0.206. The minimum Gasteiger partial charge on any atom is -0.493 e. The molecule has 0 amide bonds. The molecule has 2 heterocycles. The van der Waals surface area contributed by atoms with Crippen molar-refractivity contribution in [2.24, 2.45) is 0 Å². The number of fused-ring (bicyclic) bond motifs is 1. The average Bonchev–Trinajstić information content (AvgIpc) is 2.46. The van der Waals surface area contributed by atoms with Gasteiger partial charge in [-0.15, -0.1) is 0 Å². The van der Waals surface area contributed by atoms with E-state index in [0.717, 1.165) is 22.2 Å². The van der Waals surface area contributed by atoms with Gasteiger partial charge < -0.3 is 15.8 Å². The number of aromatic nitrogens is 3. The quantitative estimate of drug-likeness (QED) is 0.847. The van der Waals surface area contributed by atoms with Gasteiger partial charge in [0.2, 0.25) is 11.9 Å². The maximum atomic E-state index is 14.1. The maximum absolute atomic E-state index is 14.1. The Labute approximate surface area is 141 Å². The summed E-state index contributed by atoms with van der Waals surface area (Å²) in [6, 6.07) is 5.77. The topological polar surface area (TPSA) is 86.0 Å². The average molecular weight is 382 g/mol. The van der Waals surface area contributed by atoms with Crippen LogP contribution >= 0.6 is 15.9 Å². The molecule has 8 heteroatoms. The fourth-order valence-electron chi connectivity index (χ4n) is 2.39. The van der Waals surface area contributed by atoms with Gasteiger partial charge in [0, 0.05) is 16.5 Å². The second kappa shape index (κ2) is 5.92. The molecule has 0 saturated carbocycles. The third kappa shape index (κ3) is 3.52. The molecule has 1 aromatic heterocycles. The van der Waals surface area contributed by atoms with Crippen LogP contribution < -0.4 is 15.8 Å². The smallest absolute Gasteiger partial charge is 0.228 e. The number of rotatable bonds is 3. The van der Waals surface area contributed by atoms with Gasteiger partial charge >= 0.3 is 0 Å². The lowest BCUT2D eigenvalue weighted by Gasteiger charge is -2.27. The zero-order valence-electron chi connectivity index (χ0n) is 12.8. The van der Waals surface area contributed by atoms with Crippen molar-refractivity contribution in [3.05, 3.63) is 34.1 Å². The Morgan fingerprint density at radius 1 is 1.35 bits per heavy atom. The molecular weight excluding hydrogens is 365 g/mol. The predicted molar refractivity (Wildman–Crippen MR) is 89.0 cm³/mol. The third-order valence-electron chi connectivity index (χ3n) is 3.50. The molecule has 2 aromatic rings. The van der Waals surface area contributed by atoms with E-state index in [1.165, 1.54) is 13.8 Å². The molecule has 0 fully saturated rings. The van der Waals surface area contributed by atoms with Crippen molar-refractivity contribution in [1.82, 2.24) is 15.0 Å². The van der Waals surface area contributed by atoms with E-state index in [-0.39, 0.29) is 23.8 Å². The molecular formula is C15H17BrFN5O. The number of anilines is 2. The monoisotopic (exact) mass is 381 g/mol. The SMILES string of the molecule is CC(C)(F)c1nc(N)nc(NC2CCOc3ccc(Br)cc32)n1. The fraction of sp³-hybridized carbons (Fsp3) is 0.400. The highest BCUT2D eigenvalue weighted by Crippen LogP contribution is 2.36. The minimum absolute atomic E-state index is 0.00836. The van der Waals surface area contributed by atoms with Crippen molar-refractivity contribution in [2.45, 2.75) is 32.0 Å². The van der Waals surface area contributed by atoms with Crippen LogP contribution in [0.2, 0.25) is 0 Å². The summed E-state index contributed by atoms with van der Waals surface area (Å²) in [5.41, 5.74) is 4.98. The van der Waals surface area contributed by atoms with E-state index in [4.69, 9.17) is 10.5 Å². The Morgan fingerprint density at radius 3 is 2.87 bits per heavy atom. The number of alkyl halides is 1. The zero-order chi connectivity index (χ0) is 16.6. The standard InChI is InChI=1S/C15H17BrFN5O/c1-15(2,17)12-20-13(18)22-14(21-12)19-10-5-6-23-11-4-3-8(16)7-9(10)11/h3-4,7,10H,5-6H2,1-2H3,(H3,18,19,20,21,22). The Morgan fingerprint density at radius 2 is 2.13 bits per heavy atom. The summed E-state index contributed by atoms with van der Waals surface area (Å²) in [6.07, 6.45) is 0.739. The molecule has 0 aliphatic carbocycles. The summed E-state index contributed by atoms with van der Waals surface area (Å²) >= 11 is 3.46. The van der Waals surface area contributed by atoms with E-state index >= 15 is 0 Å². The van der Waals surface area contributed by atoms with Gasteiger partial charge in [-0.3, -0.25) is 0 Å². The number of hydrogen-bond acceptors (Lipinski definition) is 6. The van der Waals surface area contributed by atoms with Gasteiger partial charge in [0.25, 0.3) is 0 Å². The molecule has 1 unspecified atom stereocenters. The van der Waals surface area contributed by atoms with E-state index in [9.17, 15) is 4.39 Å². The van der Waals surface area contributed by atoms with Crippen LogP contribution in [-0.2, 0) is 5.67 Å². The molecule has 3 N–H and O–H groups in total. The van der Waals surface area contributed by atoms with E-state index in [1.54, 1.807) is 0 Å². The second-order valence-corrected chi connectivity index (χ2v) is 6.75. The van der Waals surface area contributed by atoms with Gasteiger partial charge in [0.15, 0.2) is 11.5 Å². The molecule has 23 heavy (non-hydrogen) atoms. The zero-order valence-corrected chi connectivity index (χ0v) is 14.4. The maximum Gasteiger partial charge on any atom is 0.228 e. The number of ether oxygens (including phenoxy) is 1. The molecule has 0 saturated heterocycles. The first kappa shape index (κ1) is 15.9. The van der Waals surface area contributed by atoms with Gasteiger partial charge in [-0.1, -0.05) is 15.9 Å². The van der Waals surface area contributed by atoms with E-state index in [2.05, 4.69) is 36.2 Å². The van der Waals surface area contributed by atoms with E-state index < -0.39 is 5.67 Å². The number of nitrogens with one attached hydrogen (secondary N) is 1. The lowest BCUT2D eigenvalue weighted by atomic mass is 10.0. The third-order valence-corrected chi connectivity index (χ3v) is 3.99. The van der Waals surface area contributed by atoms with Crippen LogP contribution in [0, 0.1) is 0 Å². The highest BCUT2D eigenvalue weighted by atomic mass is 79.9. The summed E-state index contributed by atoms with van der Waals surface area (Å²) in [5, 5.41) is 3.21. The van der Waals surface area contributed by atoms with Gasteiger partial charge in [-0.25, -0.2) is 4.39 Å². The Hall–Kier alpha value is -1.96. The second-order valence-electron chi connectivity index (χ2n) is 5.83. The molecule has 1 aromatic carbocycles. The Balaban J connectivity index is 1.92. The van der Waals surface area contributed by atoms with Gasteiger partial charge in [0.05, 0.1) is 12.6 Å². The molecule has 1 aliphatic heterocycles. The van der Waals surface area contributed by atoms with Crippen LogP contribution in [0.4, 0.5) is 16.3 Å². The molecule has 1 aliphatic rings. The Kier molecular flexibility index (Phi) is 4.09. The summed E-state index contributed by atoms with van der Waals surface area (Å²) in [4.78, 5) is 12.1. The van der Waals surface area contributed by atoms with Crippen molar-refractivity contribution in [1.29, 1.82) is 0 Å². The number of nitrogen functional groups attached to an aromatic ring is 1. The highest BCUT2D eigenvalue weighted by Gasteiger charge is 2.26. The van der Waals surface area contributed by atoms with Gasteiger partial charge in [-0.05, 0) is 32.0 Å². The molecule has 122 valence electrons. The molecule has 0 bridgehead atoms. The van der Waals surface area contributed by atoms with Gasteiger partial charge in [-0.2, -0.15) is 15.0 Å². The molecule has 1 atom stereocenters. The first-order valence-electron chi connectivity index (χ1n) is 7.22. The Bertz CT molecular complexity index is 734. The normalized spacial score (nSPS) is 17.3. The van der Waals surface area contributed by atoms with Crippen LogP contribution in [0.25, 0.3) is 0 Å². The van der Waals surface area contributed by atoms with E-state index in [1.807, 2.05) is 18.2 Å². The first-order chi connectivity index (χ1) is 10.8. The highest BCUT2D eigenvalue weighted by molar-refractivity contribution is 9.10. The summed E-state index contributed by atoms with van der Waals surface area (Å²) in [6.45, 7) is 3.34. The molecule has 6 nitrogen and oxygen atoms in total. The number of nitrogens with two attached hydrogens (primary N) is 1. The van der Waals surface area contributed by atoms with Crippen molar-refractivity contribution in [3.63, 3.8) is 0 Å². The minimum atomic E-state index is -1.69. The van der Waals surface area contributed by atoms with Crippen LogP contribution in [-0.4, -0.2) is 21.6 Å². The van der Waals surface area contributed by atoms with E-state index in [0.29, 0.717) is 6.61 Å². The number of hydrogen-bond donors (Lipinski definition) is 2. The van der Waals surface area contributed by atoms with Crippen molar-refractivity contribution >= 4 is 27.8 Å². The first-order valence-corrected chi connectivity index (χ1v) is 8.02. The number of halogens is 2. The molecule has 0 radical (unpaired) electrons. The number of benzene rings is 1. The van der Waals surface area contributed by atoms with Crippen LogP contribution in [0.15, 0.2) is 22.7 Å². The van der Waals surface area contributed by atoms with Crippen molar-refractivity contribution in [2.75, 3.05) is 17.7 Å². The summed E-state index contributed by atoms with van der Waals surface area (Å²) in [5.74, 6) is 1.07.